The monoisotopic (exact) mass is 185 g/mol. The molecule has 1 aliphatic rings. The molecule has 0 radical (unpaired) electrons. The van der Waals surface area contributed by atoms with Crippen molar-refractivity contribution in [2.75, 3.05) is 6.54 Å². The lowest BCUT2D eigenvalue weighted by molar-refractivity contribution is -0.0201. The Morgan fingerprint density at radius 2 is 2.23 bits per heavy atom. The Kier molecular flexibility index (Phi) is 3.74. The van der Waals surface area contributed by atoms with Crippen molar-refractivity contribution in [3.63, 3.8) is 0 Å². The van der Waals surface area contributed by atoms with Crippen LogP contribution in [0.25, 0.3) is 0 Å². The molecule has 1 rings (SSSR count). The number of ether oxygens (including phenoxy) is 1. The Morgan fingerprint density at radius 3 is 2.69 bits per heavy atom. The maximum Gasteiger partial charge on any atom is 0.0631 e. The summed E-state index contributed by atoms with van der Waals surface area (Å²) in [4.78, 5) is 0. The van der Waals surface area contributed by atoms with E-state index >= 15 is 0 Å². The second-order valence-corrected chi connectivity index (χ2v) is 4.96. The summed E-state index contributed by atoms with van der Waals surface area (Å²) in [5.41, 5.74) is 5.69. The summed E-state index contributed by atoms with van der Waals surface area (Å²) >= 11 is 0. The summed E-state index contributed by atoms with van der Waals surface area (Å²) in [6.07, 6.45) is 5.31. The van der Waals surface area contributed by atoms with Crippen LogP contribution >= 0.6 is 0 Å². The van der Waals surface area contributed by atoms with Crippen molar-refractivity contribution in [2.24, 2.45) is 11.7 Å². The Balaban J connectivity index is 2.17. The molecule has 1 heterocycles. The molecule has 2 N–H and O–H groups in total. The predicted octanol–water partition coefficient (Wildman–Crippen LogP) is 2.32. The van der Waals surface area contributed by atoms with E-state index in [1.165, 1.54) is 25.7 Å². The van der Waals surface area contributed by atoms with Gasteiger partial charge in [-0.2, -0.15) is 0 Å². The zero-order chi connectivity index (χ0) is 9.90. The first-order chi connectivity index (χ1) is 6.03. The predicted molar refractivity (Wildman–Crippen MR) is 55.6 cm³/mol. The third kappa shape index (κ3) is 3.65. The second-order valence-electron chi connectivity index (χ2n) is 4.96. The molecular weight excluding hydrogens is 162 g/mol. The van der Waals surface area contributed by atoms with E-state index in [9.17, 15) is 0 Å². The first-order valence-electron chi connectivity index (χ1n) is 5.41. The van der Waals surface area contributed by atoms with E-state index in [4.69, 9.17) is 10.5 Å². The lowest BCUT2D eigenvalue weighted by Gasteiger charge is -2.20. The van der Waals surface area contributed by atoms with Gasteiger partial charge in [0.1, 0.15) is 0 Å². The van der Waals surface area contributed by atoms with Crippen LogP contribution in [-0.4, -0.2) is 18.2 Å². The van der Waals surface area contributed by atoms with Crippen molar-refractivity contribution in [2.45, 2.75) is 58.2 Å². The fourth-order valence-electron chi connectivity index (χ4n) is 1.87. The molecular formula is C11H23NO. The van der Waals surface area contributed by atoms with Crippen molar-refractivity contribution in [1.29, 1.82) is 0 Å². The third-order valence-corrected chi connectivity index (χ3v) is 2.94. The van der Waals surface area contributed by atoms with Gasteiger partial charge in [-0.1, -0.05) is 6.92 Å². The standard InChI is InChI=1S/C11H23NO/c1-9(8-12)4-5-10-6-7-11(2,3)13-10/h9-10H,4-8,12H2,1-3H3. The Hall–Kier alpha value is -0.0800. The molecule has 2 heteroatoms. The fraction of sp³-hybridized carbons (Fsp3) is 1.00. The van der Waals surface area contributed by atoms with E-state index in [-0.39, 0.29) is 5.60 Å². The van der Waals surface area contributed by atoms with Gasteiger partial charge in [-0.05, 0) is 52.0 Å². The highest BCUT2D eigenvalue weighted by Gasteiger charge is 2.31. The van der Waals surface area contributed by atoms with Crippen LogP contribution < -0.4 is 5.73 Å². The Bertz CT molecular complexity index is 156. The first kappa shape index (κ1) is 11.0. The van der Waals surface area contributed by atoms with Gasteiger partial charge in [0.15, 0.2) is 0 Å². The largest absolute Gasteiger partial charge is 0.372 e. The van der Waals surface area contributed by atoms with Gasteiger partial charge in [-0.15, -0.1) is 0 Å². The minimum Gasteiger partial charge on any atom is -0.372 e. The Labute approximate surface area is 81.8 Å². The van der Waals surface area contributed by atoms with E-state index in [0.29, 0.717) is 12.0 Å². The van der Waals surface area contributed by atoms with Gasteiger partial charge in [0.05, 0.1) is 11.7 Å². The minimum absolute atomic E-state index is 0.122. The van der Waals surface area contributed by atoms with Gasteiger partial charge in [0.2, 0.25) is 0 Å². The average Bonchev–Trinajstić information content (AvgIpc) is 2.41. The normalized spacial score (nSPS) is 29.1. The molecule has 78 valence electrons. The van der Waals surface area contributed by atoms with Crippen molar-refractivity contribution in [1.82, 2.24) is 0 Å². The molecule has 0 spiro atoms. The molecule has 2 unspecified atom stereocenters. The SMILES string of the molecule is CC(CN)CCC1CCC(C)(C)O1. The molecule has 1 aliphatic heterocycles. The van der Waals surface area contributed by atoms with Gasteiger partial charge in [-0.3, -0.25) is 0 Å². The van der Waals surface area contributed by atoms with Crippen LogP contribution in [0, 0.1) is 5.92 Å². The Morgan fingerprint density at radius 1 is 1.54 bits per heavy atom. The first-order valence-corrected chi connectivity index (χ1v) is 5.41. The molecule has 0 aromatic rings. The molecule has 13 heavy (non-hydrogen) atoms. The average molecular weight is 185 g/mol. The van der Waals surface area contributed by atoms with E-state index in [0.717, 1.165) is 6.54 Å². The van der Waals surface area contributed by atoms with Crippen molar-refractivity contribution in [3.05, 3.63) is 0 Å². The highest BCUT2D eigenvalue weighted by atomic mass is 16.5. The number of hydrogen-bond acceptors (Lipinski definition) is 2. The topological polar surface area (TPSA) is 35.2 Å². The lowest BCUT2D eigenvalue weighted by Crippen LogP contribution is -2.21. The van der Waals surface area contributed by atoms with Gasteiger partial charge in [-0.25, -0.2) is 0 Å². The molecule has 0 aromatic carbocycles. The minimum atomic E-state index is 0.122. The van der Waals surface area contributed by atoms with Crippen LogP contribution in [0.3, 0.4) is 0 Å². The zero-order valence-electron chi connectivity index (χ0n) is 9.18. The van der Waals surface area contributed by atoms with Gasteiger partial charge in [0, 0.05) is 0 Å². The smallest absolute Gasteiger partial charge is 0.0631 e. The molecule has 1 saturated heterocycles. The highest BCUT2D eigenvalue weighted by molar-refractivity contribution is 4.80. The maximum absolute atomic E-state index is 5.90. The van der Waals surface area contributed by atoms with Crippen LogP contribution in [-0.2, 0) is 4.74 Å². The summed E-state index contributed by atoms with van der Waals surface area (Å²) < 4.78 is 5.90. The molecule has 1 fully saturated rings. The van der Waals surface area contributed by atoms with Crippen LogP contribution in [0.1, 0.15) is 46.5 Å². The summed E-state index contributed by atoms with van der Waals surface area (Å²) in [5, 5.41) is 0. The van der Waals surface area contributed by atoms with Crippen molar-refractivity contribution >= 4 is 0 Å². The number of hydrogen-bond donors (Lipinski definition) is 1. The lowest BCUT2D eigenvalue weighted by atomic mass is 10.0. The summed E-state index contributed by atoms with van der Waals surface area (Å²) in [6, 6.07) is 0. The maximum atomic E-state index is 5.90. The summed E-state index contributed by atoms with van der Waals surface area (Å²) in [5.74, 6) is 0.646. The van der Waals surface area contributed by atoms with Gasteiger partial charge >= 0.3 is 0 Å². The second kappa shape index (κ2) is 4.43. The quantitative estimate of drug-likeness (QED) is 0.729. The van der Waals surface area contributed by atoms with Crippen LogP contribution in [0.15, 0.2) is 0 Å². The third-order valence-electron chi connectivity index (χ3n) is 2.94. The summed E-state index contributed by atoms with van der Waals surface area (Å²) in [7, 11) is 0. The zero-order valence-corrected chi connectivity index (χ0v) is 9.18. The molecule has 0 aromatic heterocycles. The molecule has 2 nitrogen and oxygen atoms in total. The van der Waals surface area contributed by atoms with Crippen LogP contribution in [0.5, 0.6) is 0 Å². The molecule has 0 amide bonds. The fourth-order valence-corrected chi connectivity index (χ4v) is 1.87. The number of nitrogens with two attached hydrogens (primary N) is 1. The van der Waals surface area contributed by atoms with Crippen LogP contribution in [0.4, 0.5) is 0 Å². The van der Waals surface area contributed by atoms with E-state index in [1.54, 1.807) is 0 Å². The molecule has 0 bridgehead atoms. The van der Waals surface area contributed by atoms with Gasteiger partial charge < -0.3 is 10.5 Å². The number of rotatable bonds is 4. The van der Waals surface area contributed by atoms with E-state index < -0.39 is 0 Å². The molecule has 0 saturated carbocycles. The molecule has 2 atom stereocenters. The summed E-state index contributed by atoms with van der Waals surface area (Å²) in [6.45, 7) is 7.37. The highest BCUT2D eigenvalue weighted by Crippen LogP contribution is 2.31. The molecule has 0 aliphatic carbocycles. The van der Waals surface area contributed by atoms with Crippen molar-refractivity contribution in [3.8, 4) is 0 Å². The van der Waals surface area contributed by atoms with Crippen molar-refractivity contribution < 1.29 is 4.74 Å². The van der Waals surface area contributed by atoms with Gasteiger partial charge in [0.25, 0.3) is 0 Å². The van der Waals surface area contributed by atoms with E-state index in [2.05, 4.69) is 20.8 Å². The van der Waals surface area contributed by atoms with Crippen LogP contribution in [0.2, 0.25) is 0 Å². The van der Waals surface area contributed by atoms with E-state index in [1.807, 2.05) is 0 Å².